The van der Waals surface area contributed by atoms with Crippen LogP contribution in [0.5, 0.6) is 11.5 Å². The third-order valence-corrected chi connectivity index (χ3v) is 4.13. The van der Waals surface area contributed by atoms with E-state index in [2.05, 4.69) is 15.9 Å². The molecule has 0 aliphatic carbocycles. The molecule has 0 radical (unpaired) electrons. The van der Waals surface area contributed by atoms with Gasteiger partial charge in [-0.25, -0.2) is 0 Å². The molecule has 0 fully saturated rings. The van der Waals surface area contributed by atoms with E-state index in [1.165, 1.54) is 11.0 Å². The standard InChI is InChI=1S/C18H19BrN2O5/c1-13-3-8-16(21(23)24)17(11-13)26-12-18(22)20(2)9-10-25-15-6-4-14(19)5-7-15/h3-8,11H,9-10,12H2,1-2H3. The molecule has 0 saturated carbocycles. The molecule has 0 aromatic heterocycles. The largest absolute Gasteiger partial charge is 0.492 e. The maximum Gasteiger partial charge on any atom is 0.310 e. The minimum Gasteiger partial charge on any atom is -0.492 e. The summed E-state index contributed by atoms with van der Waals surface area (Å²) in [5, 5.41) is 11.0. The predicted octanol–water partition coefficient (Wildman–Crippen LogP) is 3.58. The molecule has 0 spiro atoms. The minimum absolute atomic E-state index is 0.0860. The molecular formula is C18H19BrN2O5. The average molecular weight is 423 g/mol. The van der Waals surface area contributed by atoms with Crippen molar-refractivity contribution in [2.45, 2.75) is 6.92 Å². The van der Waals surface area contributed by atoms with Gasteiger partial charge in [-0.15, -0.1) is 0 Å². The topological polar surface area (TPSA) is 81.9 Å². The fraction of sp³-hybridized carbons (Fsp3) is 0.278. The lowest BCUT2D eigenvalue weighted by Gasteiger charge is -2.18. The normalized spacial score (nSPS) is 10.3. The van der Waals surface area contributed by atoms with E-state index in [0.717, 1.165) is 10.0 Å². The first-order chi connectivity index (χ1) is 12.4. The zero-order valence-corrected chi connectivity index (χ0v) is 16.1. The number of aryl methyl sites for hydroxylation is 1. The van der Waals surface area contributed by atoms with Gasteiger partial charge in [-0.2, -0.15) is 0 Å². The summed E-state index contributed by atoms with van der Waals surface area (Å²) in [6.45, 7) is 2.21. The van der Waals surface area contributed by atoms with E-state index < -0.39 is 4.92 Å². The van der Waals surface area contributed by atoms with Gasteiger partial charge in [0.05, 0.1) is 11.5 Å². The summed E-state index contributed by atoms with van der Waals surface area (Å²) in [5.41, 5.74) is 0.652. The minimum atomic E-state index is -0.533. The SMILES string of the molecule is Cc1ccc([N+](=O)[O-])c(OCC(=O)N(C)CCOc2ccc(Br)cc2)c1. The Labute approximate surface area is 159 Å². The number of carbonyl (C=O) groups is 1. The molecule has 0 aliphatic rings. The van der Waals surface area contributed by atoms with Crippen molar-refractivity contribution in [2.24, 2.45) is 0 Å². The summed E-state index contributed by atoms with van der Waals surface area (Å²) in [5.74, 6) is 0.503. The summed E-state index contributed by atoms with van der Waals surface area (Å²) in [7, 11) is 1.63. The highest BCUT2D eigenvalue weighted by Crippen LogP contribution is 2.27. The summed E-state index contributed by atoms with van der Waals surface area (Å²) in [6.07, 6.45) is 0. The van der Waals surface area contributed by atoms with Gasteiger partial charge in [0.25, 0.3) is 5.91 Å². The summed E-state index contributed by atoms with van der Waals surface area (Å²) >= 11 is 3.35. The third kappa shape index (κ3) is 5.73. The molecule has 2 aromatic carbocycles. The highest BCUT2D eigenvalue weighted by atomic mass is 79.9. The molecule has 0 saturated heterocycles. The van der Waals surface area contributed by atoms with Gasteiger partial charge in [-0.05, 0) is 42.8 Å². The van der Waals surface area contributed by atoms with E-state index in [4.69, 9.17) is 9.47 Å². The van der Waals surface area contributed by atoms with Gasteiger partial charge >= 0.3 is 5.69 Å². The van der Waals surface area contributed by atoms with Crippen LogP contribution in [0.2, 0.25) is 0 Å². The Morgan fingerprint density at radius 1 is 1.19 bits per heavy atom. The predicted molar refractivity (Wildman–Crippen MR) is 101 cm³/mol. The molecule has 0 unspecified atom stereocenters. The molecule has 7 nitrogen and oxygen atoms in total. The van der Waals surface area contributed by atoms with Crippen molar-refractivity contribution in [1.82, 2.24) is 4.90 Å². The van der Waals surface area contributed by atoms with E-state index >= 15 is 0 Å². The number of hydrogen-bond acceptors (Lipinski definition) is 5. The van der Waals surface area contributed by atoms with Crippen molar-refractivity contribution in [1.29, 1.82) is 0 Å². The van der Waals surface area contributed by atoms with E-state index in [1.54, 1.807) is 26.1 Å². The first-order valence-electron chi connectivity index (χ1n) is 7.87. The second kappa shape index (κ2) is 9.19. The van der Waals surface area contributed by atoms with Gasteiger partial charge in [-0.3, -0.25) is 14.9 Å². The first-order valence-corrected chi connectivity index (χ1v) is 8.66. The van der Waals surface area contributed by atoms with Crippen LogP contribution >= 0.6 is 15.9 Å². The second-order valence-electron chi connectivity index (χ2n) is 5.63. The number of ether oxygens (including phenoxy) is 2. The lowest BCUT2D eigenvalue weighted by molar-refractivity contribution is -0.385. The average Bonchev–Trinajstić information content (AvgIpc) is 2.61. The van der Waals surface area contributed by atoms with E-state index in [-0.39, 0.29) is 24.0 Å². The van der Waals surface area contributed by atoms with Crippen LogP contribution in [0.4, 0.5) is 5.69 Å². The van der Waals surface area contributed by atoms with Crippen LogP contribution in [0.1, 0.15) is 5.56 Å². The van der Waals surface area contributed by atoms with Crippen LogP contribution in [0, 0.1) is 17.0 Å². The number of rotatable bonds is 8. The molecule has 138 valence electrons. The molecule has 0 bridgehead atoms. The number of amides is 1. The van der Waals surface area contributed by atoms with Crippen molar-refractivity contribution in [3.05, 3.63) is 62.6 Å². The third-order valence-electron chi connectivity index (χ3n) is 3.60. The van der Waals surface area contributed by atoms with Crippen molar-refractivity contribution in [3.8, 4) is 11.5 Å². The number of hydrogen-bond donors (Lipinski definition) is 0. The Morgan fingerprint density at radius 2 is 1.88 bits per heavy atom. The van der Waals surface area contributed by atoms with Crippen LogP contribution in [0.3, 0.4) is 0 Å². The Hall–Kier alpha value is -2.61. The Balaban J connectivity index is 1.83. The summed E-state index contributed by atoms with van der Waals surface area (Å²) < 4.78 is 11.9. The van der Waals surface area contributed by atoms with Gasteiger partial charge < -0.3 is 14.4 Å². The van der Waals surface area contributed by atoms with Crippen molar-refractivity contribution >= 4 is 27.5 Å². The van der Waals surface area contributed by atoms with Gasteiger partial charge in [0.15, 0.2) is 12.4 Å². The molecule has 8 heteroatoms. The number of halogens is 1. The van der Waals surface area contributed by atoms with Crippen LogP contribution in [0.25, 0.3) is 0 Å². The molecular weight excluding hydrogens is 404 g/mol. The molecule has 0 heterocycles. The van der Waals surface area contributed by atoms with Crippen LogP contribution in [0.15, 0.2) is 46.9 Å². The van der Waals surface area contributed by atoms with Gasteiger partial charge in [0, 0.05) is 17.6 Å². The number of nitro groups is 1. The summed E-state index contributed by atoms with van der Waals surface area (Å²) in [6, 6.07) is 11.9. The number of benzene rings is 2. The zero-order chi connectivity index (χ0) is 19.1. The molecule has 0 N–H and O–H groups in total. The van der Waals surface area contributed by atoms with Crippen LogP contribution < -0.4 is 9.47 Å². The van der Waals surface area contributed by atoms with Crippen molar-refractivity contribution in [2.75, 3.05) is 26.8 Å². The fourth-order valence-electron chi connectivity index (χ4n) is 2.09. The van der Waals surface area contributed by atoms with E-state index in [0.29, 0.717) is 18.9 Å². The van der Waals surface area contributed by atoms with Gasteiger partial charge in [-0.1, -0.05) is 22.0 Å². The molecule has 0 atom stereocenters. The first kappa shape index (κ1) is 19.7. The smallest absolute Gasteiger partial charge is 0.310 e. The van der Waals surface area contributed by atoms with Crippen molar-refractivity contribution < 1.29 is 19.2 Å². The number of likely N-dealkylation sites (N-methyl/N-ethyl adjacent to an activating group) is 1. The Morgan fingerprint density at radius 3 is 2.54 bits per heavy atom. The summed E-state index contributed by atoms with van der Waals surface area (Å²) in [4.78, 5) is 24.1. The molecule has 1 amide bonds. The second-order valence-corrected chi connectivity index (χ2v) is 6.55. The quantitative estimate of drug-likeness (QED) is 0.479. The molecule has 2 rings (SSSR count). The molecule has 26 heavy (non-hydrogen) atoms. The van der Waals surface area contributed by atoms with Gasteiger partial charge in [0.1, 0.15) is 12.4 Å². The number of carbonyl (C=O) groups excluding carboxylic acids is 1. The van der Waals surface area contributed by atoms with E-state index in [1.807, 2.05) is 24.3 Å². The maximum atomic E-state index is 12.1. The Bertz CT molecular complexity index is 780. The van der Waals surface area contributed by atoms with E-state index in [9.17, 15) is 14.9 Å². The zero-order valence-electron chi connectivity index (χ0n) is 14.5. The van der Waals surface area contributed by atoms with Crippen LogP contribution in [-0.2, 0) is 4.79 Å². The molecule has 2 aromatic rings. The van der Waals surface area contributed by atoms with Crippen molar-refractivity contribution in [3.63, 3.8) is 0 Å². The highest BCUT2D eigenvalue weighted by Gasteiger charge is 2.17. The fourth-order valence-corrected chi connectivity index (χ4v) is 2.36. The van der Waals surface area contributed by atoms with Gasteiger partial charge in [0.2, 0.25) is 0 Å². The maximum absolute atomic E-state index is 12.1. The molecule has 0 aliphatic heterocycles. The monoisotopic (exact) mass is 422 g/mol. The number of nitrogens with zero attached hydrogens (tertiary/aromatic N) is 2. The highest BCUT2D eigenvalue weighted by molar-refractivity contribution is 9.10. The lowest BCUT2D eigenvalue weighted by atomic mass is 10.2. The van der Waals surface area contributed by atoms with Crippen LogP contribution in [-0.4, -0.2) is 42.5 Å². The Kier molecular flexibility index (Phi) is 6.97. The number of nitro benzene ring substituents is 1. The lowest BCUT2D eigenvalue weighted by Crippen LogP contribution is -2.34.